The van der Waals surface area contributed by atoms with Gasteiger partial charge in [-0.3, -0.25) is 9.59 Å². The zero-order chi connectivity index (χ0) is 10.1. The molecule has 0 aromatic carbocycles. The third kappa shape index (κ3) is 1.60. The van der Waals surface area contributed by atoms with Crippen molar-refractivity contribution < 1.29 is 14.3 Å². The Balaban J connectivity index is 2.70. The molecule has 0 saturated heterocycles. The lowest BCUT2D eigenvalue weighted by molar-refractivity contribution is -0.168. The summed E-state index contributed by atoms with van der Waals surface area (Å²) in [6, 6.07) is 0. The highest BCUT2D eigenvalue weighted by molar-refractivity contribution is 6.03. The van der Waals surface area contributed by atoms with Crippen LogP contribution >= 0.6 is 0 Å². The molecule has 0 spiro atoms. The lowest BCUT2D eigenvalue weighted by Gasteiger charge is -2.41. The minimum atomic E-state index is -0.796. The van der Waals surface area contributed by atoms with Gasteiger partial charge in [-0.1, -0.05) is 6.92 Å². The lowest BCUT2D eigenvalue weighted by Crippen LogP contribution is -2.49. The first-order valence-corrected chi connectivity index (χ1v) is 4.71. The molecule has 1 fully saturated rings. The number of esters is 1. The van der Waals surface area contributed by atoms with Crippen LogP contribution in [0.25, 0.3) is 0 Å². The van der Waals surface area contributed by atoms with E-state index in [4.69, 9.17) is 4.74 Å². The predicted octanol–water partition coefficient (Wildman–Crippen LogP) is 1.55. The average Bonchev–Trinajstić information content (AvgIpc) is 1.98. The molecule has 0 unspecified atom stereocenters. The summed E-state index contributed by atoms with van der Waals surface area (Å²) in [4.78, 5) is 22.8. The molecule has 1 aliphatic carbocycles. The highest BCUT2D eigenvalue weighted by Crippen LogP contribution is 2.47. The summed E-state index contributed by atoms with van der Waals surface area (Å²) < 4.78 is 4.90. The van der Waals surface area contributed by atoms with Crippen LogP contribution < -0.4 is 0 Å². The second-order valence-corrected chi connectivity index (χ2v) is 3.87. The van der Waals surface area contributed by atoms with E-state index in [1.807, 2.05) is 6.92 Å². The minimum absolute atomic E-state index is 0.0518. The van der Waals surface area contributed by atoms with Crippen molar-refractivity contribution in [2.45, 2.75) is 33.6 Å². The summed E-state index contributed by atoms with van der Waals surface area (Å²) in [6.45, 7) is 5.62. The number of ether oxygens (including phenoxy) is 1. The van der Waals surface area contributed by atoms with Crippen LogP contribution in [0.3, 0.4) is 0 Å². The molecule has 0 aliphatic heterocycles. The van der Waals surface area contributed by atoms with Gasteiger partial charge in [-0.25, -0.2) is 0 Å². The first-order valence-electron chi connectivity index (χ1n) is 4.71. The number of hydrogen-bond donors (Lipinski definition) is 0. The molecule has 3 nitrogen and oxygen atoms in total. The van der Waals surface area contributed by atoms with Crippen LogP contribution in [0.1, 0.15) is 33.6 Å². The van der Waals surface area contributed by atoms with Gasteiger partial charge >= 0.3 is 5.97 Å². The quantitative estimate of drug-likeness (QED) is 0.493. The molecule has 0 N–H and O–H groups in total. The maximum atomic E-state index is 11.5. The molecule has 0 aromatic rings. The van der Waals surface area contributed by atoms with Crippen LogP contribution in [0.5, 0.6) is 0 Å². The van der Waals surface area contributed by atoms with Crippen LogP contribution in [-0.4, -0.2) is 18.4 Å². The van der Waals surface area contributed by atoms with E-state index in [2.05, 4.69) is 0 Å². The number of Topliss-reactive ketones (excluding diaryl/α,β-unsaturated/α-hetero) is 1. The van der Waals surface area contributed by atoms with E-state index in [9.17, 15) is 9.59 Å². The molecule has 0 amide bonds. The topological polar surface area (TPSA) is 43.4 Å². The SMILES string of the molecule is CCOC(=O)C1(C(C)=O)CC(C)C1. The maximum Gasteiger partial charge on any atom is 0.319 e. The Morgan fingerprint density at radius 1 is 1.46 bits per heavy atom. The average molecular weight is 184 g/mol. The van der Waals surface area contributed by atoms with E-state index in [1.54, 1.807) is 6.92 Å². The van der Waals surface area contributed by atoms with Crippen molar-refractivity contribution in [3.05, 3.63) is 0 Å². The molecule has 74 valence electrons. The number of ketones is 1. The third-order valence-electron chi connectivity index (χ3n) is 2.73. The fraction of sp³-hybridized carbons (Fsp3) is 0.800. The van der Waals surface area contributed by atoms with E-state index in [-0.39, 0.29) is 11.8 Å². The third-order valence-corrected chi connectivity index (χ3v) is 2.73. The van der Waals surface area contributed by atoms with Crippen molar-refractivity contribution in [2.75, 3.05) is 6.61 Å². The fourth-order valence-corrected chi connectivity index (χ4v) is 2.00. The molecule has 1 saturated carbocycles. The van der Waals surface area contributed by atoms with Gasteiger partial charge in [0.15, 0.2) is 0 Å². The Bertz CT molecular complexity index is 226. The molecule has 0 heterocycles. The van der Waals surface area contributed by atoms with Crippen molar-refractivity contribution in [3.8, 4) is 0 Å². The van der Waals surface area contributed by atoms with Gasteiger partial charge < -0.3 is 4.74 Å². The van der Waals surface area contributed by atoms with Crippen LogP contribution in [0.2, 0.25) is 0 Å². The first-order chi connectivity index (χ1) is 6.03. The van der Waals surface area contributed by atoms with Crippen molar-refractivity contribution in [3.63, 3.8) is 0 Å². The summed E-state index contributed by atoms with van der Waals surface area (Å²) in [5.41, 5.74) is -0.796. The Morgan fingerprint density at radius 3 is 2.31 bits per heavy atom. The van der Waals surface area contributed by atoms with Crippen LogP contribution in [0.4, 0.5) is 0 Å². The molecular formula is C10H16O3. The largest absolute Gasteiger partial charge is 0.465 e. The van der Waals surface area contributed by atoms with E-state index < -0.39 is 5.41 Å². The highest BCUT2D eigenvalue weighted by atomic mass is 16.5. The molecule has 0 bridgehead atoms. The van der Waals surface area contributed by atoms with Crippen molar-refractivity contribution >= 4 is 11.8 Å². The van der Waals surface area contributed by atoms with Gasteiger partial charge in [0, 0.05) is 0 Å². The van der Waals surface area contributed by atoms with Crippen molar-refractivity contribution in [1.82, 2.24) is 0 Å². The Morgan fingerprint density at radius 2 is 2.00 bits per heavy atom. The van der Waals surface area contributed by atoms with Gasteiger partial charge in [-0.2, -0.15) is 0 Å². The highest BCUT2D eigenvalue weighted by Gasteiger charge is 2.53. The number of hydrogen-bond acceptors (Lipinski definition) is 3. The van der Waals surface area contributed by atoms with Gasteiger partial charge in [0.1, 0.15) is 11.2 Å². The van der Waals surface area contributed by atoms with E-state index in [0.717, 1.165) is 0 Å². The summed E-state index contributed by atoms with van der Waals surface area (Å²) in [5.74, 6) is 0.0814. The number of carbonyl (C=O) groups excluding carboxylic acids is 2. The normalized spacial score (nSPS) is 32.1. The summed E-state index contributed by atoms with van der Waals surface area (Å²) in [7, 11) is 0. The van der Waals surface area contributed by atoms with E-state index in [0.29, 0.717) is 25.4 Å². The Labute approximate surface area is 78.5 Å². The molecule has 3 heteroatoms. The van der Waals surface area contributed by atoms with Crippen molar-refractivity contribution in [1.29, 1.82) is 0 Å². The fourth-order valence-electron chi connectivity index (χ4n) is 2.00. The van der Waals surface area contributed by atoms with Crippen LogP contribution in [0, 0.1) is 11.3 Å². The second kappa shape index (κ2) is 3.48. The van der Waals surface area contributed by atoms with E-state index in [1.165, 1.54) is 6.92 Å². The molecular weight excluding hydrogens is 168 g/mol. The zero-order valence-electron chi connectivity index (χ0n) is 8.42. The predicted molar refractivity (Wildman–Crippen MR) is 48.1 cm³/mol. The molecule has 1 aliphatic rings. The molecule has 0 radical (unpaired) electrons. The minimum Gasteiger partial charge on any atom is -0.465 e. The Kier molecular flexibility index (Phi) is 2.74. The van der Waals surface area contributed by atoms with Crippen LogP contribution in [0.15, 0.2) is 0 Å². The second-order valence-electron chi connectivity index (χ2n) is 3.87. The number of carbonyl (C=O) groups is 2. The van der Waals surface area contributed by atoms with Crippen LogP contribution in [-0.2, 0) is 14.3 Å². The van der Waals surface area contributed by atoms with Gasteiger partial charge in [0.05, 0.1) is 6.61 Å². The maximum absolute atomic E-state index is 11.5. The molecule has 0 atom stereocenters. The summed E-state index contributed by atoms with van der Waals surface area (Å²) in [5, 5.41) is 0. The first kappa shape index (κ1) is 10.2. The van der Waals surface area contributed by atoms with Gasteiger partial charge in [-0.15, -0.1) is 0 Å². The summed E-state index contributed by atoms with van der Waals surface area (Å²) in [6.07, 6.45) is 1.31. The zero-order valence-corrected chi connectivity index (χ0v) is 8.42. The smallest absolute Gasteiger partial charge is 0.319 e. The monoisotopic (exact) mass is 184 g/mol. The molecule has 1 rings (SSSR count). The molecule has 13 heavy (non-hydrogen) atoms. The van der Waals surface area contributed by atoms with Gasteiger partial charge in [0.2, 0.25) is 0 Å². The van der Waals surface area contributed by atoms with E-state index >= 15 is 0 Å². The summed E-state index contributed by atoms with van der Waals surface area (Å²) >= 11 is 0. The van der Waals surface area contributed by atoms with Crippen molar-refractivity contribution in [2.24, 2.45) is 11.3 Å². The number of rotatable bonds is 3. The Hall–Kier alpha value is -0.860. The molecule has 0 aromatic heterocycles. The van der Waals surface area contributed by atoms with Gasteiger partial charge in [0.25, 0.3) is 0 Å². The lowest BCUT2D eigenvalue weighted by atomic mass is 9.60. The standard InChI is InChI=1S/C10H16O3/c1-4-13-9(12)10(8(3)11)5-7(2)6-10/h7H,4-6H2,1-3H3. The van der Waals surface area contributed by atoms with Gasteiger partial charge in [-0.05, 0) is 32.6 Å².